The van der Waals surface area contributed by atoms with Crippen molar-refractivity contribution >= 4 is 33.1 Å². The topological polar surface area (TPSA) is 43.1 Å². The summed E-state index contributed by atoms with van der Waals surface area (Å²) in [6, 6.07) is 12.5. The lowest BCUT2D eigenvalue weighted by molar-refractivity contribution is -0.355. The normalized spacial score (nSPS) is 13.9. The molecule has 1 heterocycles. The van der Waals surface area contributed by atoms with Gasteiger partial charge in [0.25, 0.3) is 11.5 Å². The van der Waals surface area contributed by atoms with E-state index < -0.39 is 0 Å². The molecule has 4 heteroatoms. The summed E-state index contributed by atoms with van der Waals surface area (Å²) < 4.78 is 1.50. The van der Waals surface area contributed by atoms with E-state index in [9.17, 15) is 10.0 Å². The first-order chi connectivity index (χ1) is 9.08. The van der Waals surface area contributed by atoms with Crippen LogP contribution in [0.15, 0.2) is 46.9 Å². The molecule has 0 N–H and O–H groups in total. The molecular formula is C15H10BrNO2. The Bertz CT molecular complexity index is 735. The molecule has 0 bridgehead atoms. The second-order valence-corrected chi connectivity index (χ2v) is 5.42. The van der Waals surface area contributed by atoms with Crippen LogP contribution in [0.4, 0.5) is 5.69 Å². The summed E-state index contributed by atoms with van der Waals surface area (Å²) in [4.78, 5) is 12.3. The van der Waals surface area contributed by atoms with E-state index in [4.69, 9.17) is 0 Å². The quantitative estimate of drug-likeness (QED) is 0.596. The average Bonchev–Trinajstić information content (AvgIpc) is 2.61. The van der Waals surface area contributed by atoms with Crippen LogP contribution in [-0.2, 0) is 0 Å². The number of ketones is 1. The van der Waals surface area contributed by atoms with Gasteiger partial charge in [0.05, 0.1) is 5.56 Å². The van der Waals surface area contributed by atoms with E-state index >= 15 is 0 Å². The number of aryl methyl sites for hydroxylation is 1. The second-order valence-electron chi connectivity index (χ2n) is 4.50. The molecule has 0 saturated heterocycles. The van der Waals surface area contributed by atoms with Crippen molar-refractivity contribution in [1.82, 2.24) is 0 Å². The van der Waals surface area contributed by atoms with E-state index in [0.29, 0.717) is 16.8 Å². The zero-order valence-corrected chi connectivity index (χ0v) is 11.8. The highest BCUT2D eigenvalue weighted by Crippen LogP contribution is 2.30. The fraction of sp³-hybridized carbons (Fsp3) is 0.0667. The first kappa shape index (κ1) is 12.1. The van der Waals surface area contributed by atoms with Gasteiger partial charge >= 0.3 is 0 Å². The molecule has 0 unspecified atom stereocenters. The highest BCUT2D eigenvalue weighted by atomic mass is 79.9. The highest BCUT2D eigenvalue weighted by Gasteiger charge is 2.36. The Morgan fingerprint density at radius 2 is 1.95 bits per heavy atom. The second kappa shape index (κ2) is 4.31. The van der Waals surface area contributed by atoms with E-state index in [-0.39, 0.29) is 11.5 Å². The van der Waals surface area contributed by atoms with Crippen LogP contribution in [0.1, 0.15) is 21.5 Å². The van der Waals surface area contributed by atoms with Gasteiger partial charge in [-0.15, -0.1) is 0 Å². The van der Waals surface area contributed by atoms with Crippen molar-refractivity contribution in [2.45, 2.75) is 6.92 Å². The molecular weight excluding hydrogens is 306 g/mol. The fourth-order valence-corrected chi connectivity index (χ4v) is 2.59. The molecule has 0 saturated carbocycles. The van der Waals surface area contributed by atoms with E-state index in [2.05, 4.69) is 15.9 Å². The maximum absolute atomic E-state index is 12.3. The van der Waals surface area contributed by atoms with E-state index in [1.807, 2.05) is 25.1 Å². The van der Waals surface area contributed by atoms with Crippen molar-refractivity contribution in [3.05, 3.63) is 68.8 Å². The summed E-state index contributed by atoms with van der Waals surface area (Å²) in [5, 5.41) is 12.3. The minimum atomic E-state index is -0.219. The van der Waals surface area contributed by atoms with Gasteiger partial charge in [-0.1, -0.05) is 33.6 Å². The third-order valence-electron chi connectivity index (χ3n) is 3.13. The van der Waals surface area contributed by atoms with Crippen molar-refractivity contribution in [3.63, 3.8) is 0 Å². The fourth-order valence-electron chi connectivity index (χ4n) is 2.25. The van der Waals surface area contributed by atoms with E-state index in [1.165, 1.54) is 0 Å². The Hall–Kier alpha value is -1.94. The molecule has 3 nitrogen and oxygen atoms in total. The van der Waals surface area contributed by atoms with Crippen LogP contribution >= 0.6 is 15.9 Å². The Kier molecular flexibility index (Phi) is 2.75. The molecule has 0 aromatic heterocycles. The number of hydrogen-bond acceptors (Lipinski definition) is 2. The third-order valence-corrected chi connectivity index (χ3v) is 3.63. The summed E-state index contributed by atoms with van der Waals surface area (Å²) in [6.45, 7) is 1.93. The first-order valence-electron chi connectivity index (χ1n) is 5.83. The molecule has 2 aromatic rings. The lowest BCUT2D eigenvalue weighted by Crippen LogP contribution is -2.16. The largest absolute Gasteiger partial charge is 0.618 e. The van der Waals surface area contributed by atoms with Crippen molar-refractivity contribution in [1.29, 1.82) is 0 Å². The molecule has 3 rings (SSSR count). The molecule has 0 radical (unpaired) electrons. The van der Waals surface area contributed by atoms with Crippen LogP contribution < -0.4 is 0 Å². The van der Waals surface area contributed by atoms with Crippen LogP contribution in [0, 0.1) is 12.1 Å². The number of fused-ring (bicyclic) bond motifs is 1. The molecule has 0 fully saturated rings. The number of rotatable bonds is 1. The average molecular weight is 316 g/mol. The van der Waals surface area contributed by atoms with Crippen LogP contribution in [0.2, 0.25) is 0 Å². The minimum Gasteiger partial charge on any atom is -0.618 e. The van der Waals surface area contributed by atoms with Crippen molar-refractivity contribution in [2.75, 3.05) is 0 Å². The molecule has 2 aromatic carbocycles. The summed E-state index contributed by atoms with van der Waals surface area (Å²) in [5.74, 6) is -0.219. The predicted molar refractivity (Wildman–Crippen MR) is 77.0 cm³/mol. The smallest absolute Gasteiger partial charge is 0.272 e. The Morgan fingerprint density at radius 1 is 1.16 bits per heavy atom. The first-order valence-corrected chi connectivity index (χ1v) is 6.63. The Morgan fingerprint density at radius 3 is 2.68 bits per heavy atom. The maximum atomic E-state index is 12.3. The van der Waals surface area contributed by atoms with Gasteiger partial charge in [0.2, 0.25) is 5.69 Å². The zero-order valence-electron chi connectivity index (χ0n) is 10.2. The molecule has 94 valence electrons. The summed E-state index contributed by atoms with van der Waals surface area (Å²) in [7, 11) is 0. The summed E-state index contributed by atoms with van der Waals surface area (Å²) in [6.07, 6.45) is 0. The summed E-state index contributed by atoms with van der Waals surface area (Å²) in [5.41, 5.74) is 2.72. The summed E-state index contributed by atoms with van der Waals surface area (Å²) >= 11 is 3.31. The van der Waals surface area contributed by atoms with Crippen LogP contribution in [0.3, 0.4) is 0 Å². The zero-order chi connectivity index (χ0) is 13.6. The van der Waals surface area contributed by atoms with Gasteiger partial charge in [0, 0.05) is 10.5 Å². The van der Waals surface area contributed by atoms with Crippen molar-refractivity contribution in [3.8, 4) is 0 Å². The molecule has 0 aliphatic carbocycles. The number of hydrogen-bond donors (Lipinski definition) is 0. The number of carbonyl (C=O) groups is 1. The lowest BCUT2D eigenvalue weighted by Gasteiger charge is -2.02. The van der Waals surface area contributed by atoms with E-state index in [1.54, 1.807) is 24.3 Å². The predicted octanol–water partition coefficient (Wildman–Crippen LogP) is 3.58. The number of carbonyl (C=O) groups excluding carboxylic acids is 1. The molecule has 0 spiro atoms. The molecule has 0 amide bonds. The number of Topliss-reactive ketones (excluding diaryl/α,β-unsaturated/α-hetero) is 1. The van der Waals surface area contributed by atoms with Crippen LogP contribution in [0.25, 0.3) is 0 Å². The SMILES string of the molecule is Cc1cccc(C2=[N+]([O-])c3cc(Br)ccc3C2=O)c1. The van der Waals surface area contributed by atoms with Crippen molar-refractivity contribution in [2.24, 2.45) is 0 Å². The van der Waals surface area contributed by atoms with E-state index in [0.717, 1.165) is 14.8 Å². The van der Waals surface area contributed by atoms with Crippen LogP contribution in [0.5, 0.6) is 0 Å². The number of nitrogens with zero attached hydrogens (tertiary/aromatic N) is 1. The molecule has 1 aliphatic heterocycles. The molecule has 0 atom stereocenters. The van der Waals surface area contributed by atoms with Gasteiger partial charge in [0.15, 0.2) is 0 Å². The van der Waals surface area contributed by atoms with Crippen molar-refractivity contribution < 1.29 is 9.53 Å². The molecule has 1 aliphatic rings. The standard InChI is InChI=1S/C15H10BrNO2/c1-9-3-2-4-10(7-9)14-15(18)12-6-5-11(16)8-13(12)17(14)19/h2-8H,1H3. The Balaban J connectivity index is 2.22. The maximum Gasteiger partial charge on any atom is 0.272 e. The minimum absolute atomic E-state index is 0.191. The molecule has 19 heavy (non-hydrogen) atoms. The number of halogens is 1. The van der Waals surface area contributed by atoms with Gasteiger partial charge in [-0.25, -0.2) is 0 Å². The monoisotopic (exact) mass is 315 g/mol. The van der Waals surface area contributed by atoms with Gasteiger partial charge in [-0.05, 0) is 31.2 Å². The highest BCUT2D eigenvalue weighted by molar-refractivity contribution is 9.10. The van der Waals surface area contributed by atoms with Gasteiger partial charge in [0.1, 0.15) is 5.56 Å². The van der Waals surface area contributed by atoms with Gasteiger partial charge < -0.3 is 5.21 Å². The Labute approximate surface area is 118 Å². The van der Waals surface area contributed by atoms with Gasteiger partial charge in [-0.3, -0.25) is 4.79 Å². The third kappa shape index (κ3) is 1.88. The van der Waals surface area contributed by atoms with Gasteiger partial charge in [-0.2, -0.15) is 4.74 Å². The lowest BCUT2D eigenvalue weighted by atomic mass is 10.0. The van der Waals surface area contributed by atoms with Crippen LogP contribution in [-0.4, -0.2) is 16.2 Å². The number of benzene rings is 2.